The second-order valence-electron chi connectivity index (χ2n) is 4.67. The number of carbonyl (C=O) groups excluding carboxylic acids is 2. The first-order valence-electron chi connectivity index (χ1n) is 5.34. The third kappa shape index (κ3) is 1.61. The molecule has 1 saturated heterocycles. The van der Waals surface area contributed by atoms with Crippen molar-refractivity contribution < 1.29 is 9.59 Å². The van der Waals surface area contributed by atoms with Crippen LogP contribution in [0.1, 0.15) is 25.7 Å². The molecule has 1 N–H and O–H groups in total. The van der Waals surface area contributed by atoms with Gasteiger partial charge in [0.05, 0.1) is 6.67 Å². The van der Waals surface area contributed by atoms with Gasteiger partial charge in [-0.2, -0.15) is 0 Å². The third-order valence-corrected chi connectivity index (χ3v) is 3.13. The molecule has 0 aromatic rings. The predicted molar refractivity (Wildman–Crippen MR) is 55.1 cm³/mol. The van der Waals surface area contributed by atoms with Crippen LogP contribution in [-0.2, 0) is 4.79 Å². The summed E-state index contributed by atoms with van der Waals surface area (Å²) in [5.74, 6) is -0.0429. The quantitative estimate of drug-likeness (QED) is 0.671. The van der Waals surface area contributed by atoms with Crippen molar-refractivity contribution >= 4 is 11.9 Å². The maximum absolute atomic E-state index is 12.1. The number of hydrogen-bond donors (Lipinski definition) is 1. The molecule has 15 heavy (non-hydrogen) atoms. The molecule has 84 valence electrons. The lowest BCUT2D eigenvalue weighted by molar-refractivity contribution is -0.132. The maximum Gasteiger partial charge on any atom is 0.326 e. The summed E-state index contributed by atoms with van der Waals surface area (Å²) in [7, 11) is 3.69. The molecule has 2 rings (SSSR count). The molecule has 1 aliphatic heterocycles. The van der Waals surface area contributed by atoms with Crippen molar-refractivity contribution in [3.05, 3.63) is 0 Å². The van der Waals surface area contributed by atoms with Crippen LogP contribution < -0.4 is 5.32 Å². The van der Waals surface area contributed by atoms with Gasteiger partial charge in [0.1, 0.15) is 5.54 Å². The SMILES string of the molecule is CN(C)CN1C(=O)NC2(CCCC2)C1=O. The van der Waals surface area contributed by atoms with E-state index in [1.54, 1.807) is 0 Å². The molecule has 2 fully saturated rings. The molecule has 0 radical (unpaired) electrons. The lowest BCUT2D eigenvalue weighted by Gasteiger charge is -2.21. The molecule has 0 bridgehead atoms. The topological polar surface area (TPSA) is 52.6 Å². The number of nitrogens with one attached hydrogen (secondary N) is 1. The summed E-state index contributed by atoms with van der Waals surface area (Å²) < 4.78 is 0. The van der Waals surface area contributed by atoms with Crippen molar-refractivity contribution in [2.24, 2.45) is 0 Å². The van der Waals surface area contributed by atoms with Gasteiger partial charge in [-0.1, -0.05) is 12.8 Å². The van der Waals surface area contributed by atoms with Crippen molar-refractivity contribution in [3.63, 3.8) is 0 Å². The zero-order valence-electron chi connectivity index (χ0n) is 9.25. The molecule has 5 nitrogen and oxygen atoms in total. The highest BCUT2D eigenvalue weighted by Crippen LogP contribution is 2.34. The Kier molecular flexibility index (Phi) is 2.42. The van der Waals surface area contributed by atoms with Gasteiger partial charge < -0.3 is 5.32 Å². The van der Waals surface area contributed by atoms with E-state index in [-0.39, 0.29) is 11.9 Å². The number of carbonyl (C=O) groups is 2. The number of amides is 3. The van der Waals surface area contributed by atoms with Gasteiger partial charge in [0, 0.05) is 0 Å². The Morgan fingerprint density at radius 2 is 1.93 bits per heavy atom. The Hall–Kier alpha value is -1.10. The summed E-state index contributed by atoms with van der Waals surface area (Å²) in [5.41, 5.74) is -0.562. The number of imide groups is 1. The molecular weight excluding hydrogens is 194 g/mol. The van der Waals surface area contributed by atoms with E-state index in [1.165, 1.54) is 4.90 Å². The number of nitrogens with zero attached hydrogens (tertiary/aromatic N) is 2. The van der Waals surface area contributed by atoms with Gasteiger partial charge in [0.2, 0.25) is 0 Å². The molecule has 1 heterocycles. The molecule has 0 aromatic carbocycles. The van der Waals surface area contributed by atoms with Crippen LogP contribution in [-0.4, -0.2) is 48.0 Å². The molecule has 3 amide bonds. The van der Waals surface area contributed by atoms with E-state index in [0.29, 0.717) is 6.67 Å². The number of hydrogen-bond acceptors (Lipinski definition) is 3. The van der Waals surface area contributed by atoms with Gasteiger partial charge in [-0.05, 0) is 26.9 Å². The van der Waals surface area contributed by atoms with E-state index in [1.807, 2.05) is 19.0 Å². The van der Waals surface area contributed by atoms with E-state index < -0.39 is 5.54 Å². The van der Waals surface area contributed by atoms with Crippen molar-refractivity contribution in [1.29, 1.82) is 0 Å². The summed E-state index contributed by atoms with van der Waals surface area (Å²) in [5, 5.41) is 2.85. The minimum absolute atomic E-state index is 0.0429. The molecule has 1 saturated carbocycles. The van der Waals surface area contributed by atoms with Gasteiger partial charge in [-0.3, -0.25) is 9.69 Å². The van der Waals surface area contributed by atoms with Crippen molar-refractivity contribution in [2.75, 3.05) is 20.8 Å². The molecule has 0 unspecified atom stereocenters. The smallest absolute Gasteiger partial charge is 0.323 e. The zero-order valence-corrected chi connectivity index (χ0v) is 9.25. The standard InChI is InChI=1S/C10H17N3O2/c1-12(2)7-13-8(14)10(11-9(13)15)5-3-4-6-10/h3-7H2,1-2H3,(H,11,15). The highest BCUT2D eigenvalue weighted by atomic mass is 16.2. The Morgan fingerprint density at radius 3 is 2.47 bits per heavy atom. The highest BCUT2D eigenvalue weighted by Gasteiger charge is 2.52. The molecule has 5 heteroatoms. The molecule has 2 aliphatic rings. The first-order valence-corrected chi connectivity index (χ1v) is 5.34. The molecule has 0 aromatic heterocycles. The highest BCUT2D eigenvalue weighted by molar-refractivity contribution is 6.07. The summed E-state index contributed by atoms with van der Waals surface area (Å²) in [6.45, 7) is 0.367. The Balaban J connectivity index is 2.15. The zero-order chi connectivity index (χ0) is 11.1. The van der Waals surface area contributed by atoms with Crippen molar-refractivity contribution in [2.45, 2.75) is 31.2 Å². The monoisotopic (exact) mass is 211 g/mol. The van der Waals surface area contributed by atoms with Crippen LogP contribution in [0, 0.1) is 0 Å². The fourth-order valence-corrected chi connectivity index (χ4v) is 2.40. The second kappa shape index (κ2) is 3.48. The third-order valence-electron chi connectivity index (χ3n) is 3.13. The van der Waals surface area contributed by atoms with Crippen LogP contribution >= 0.6 is 0 Å². The van der Waals surface area contributed by atoms with E-state index in [9.17, 15) is 9.59 Å². The van der Waals surface area contributed by atoms with Crippen LogP contribution in [0.5, 0.6) is 0 Å². The first kappa shape index (κ1) is 10.4. The van der Waals surface area contributed by atoms with Crippen molar-refractivity contribution in [3.8, 4) is 0 Å². The minimum atomic E-state index is -0.562. The van der Waals surface area contributed by atoms with Crippen LogP contribution in [0.2, 0.25) is 0 Å². The summed E-state index contributed by atoms with van der Waals surface area (Å²) >= 11 is 0. The molecular formula is C10H17N3O2. The summed E-state index contributed by atoms with van der Waals surface area (Å²) in [4.78, 5) is 26.9. The van der Waals surface area contributed by atoms with E-state index >= 15 is 0 Å². The minimum Gasteiger partial charge on any atom is -0.323 e. The number of rotatable bonds is 2. The first-order chi connectivity index (χ1) is 7.05. The van der Waals surface area contributed by atoms with Crippen molar-refractivity contribution in [1.82, 2.24) is 15.1 Å². The maximum atomic E-state index is 12.1. The van der Waals surface area contributed by atoms with E-state index in [0.717, 1.165) is 25.7 Å². The number of urea groups is 1. The molecule has 1 aliphatic carbocycles. The largest absolute Gasteiger partial charge is 0.326 e. The average molecular weight is 211 g/mol. The molecule has 0 atom stereocenters. The lowest BCUT2D eigenvalue weighted by Crippen LogP contribution is -2.44. The Morgan fingerprint density at radius 1 is 1.33 bits per heavy atom. The Bertz CT molecular complexity index is 295. The van der Waals surface area contributed by atoms with Gasteiger partial charge >= 0.3 is 6.03 Å². The predicted octanol–water partition coefficient (Wildman–Crippen LogP) is 0.370. The Labute approximate surface area is 89.4 Å². The summed E-state index contributed by atoms with van der Waals surface area (Å²) in [6.07, 6.45) is 3.65. The normalized spacial score (nSPS) is 24.3. The lowest BCUT2D eigenvalue weighted by atomic mass is 9.98. The van der Waals surface area contributed by atoms with Gasteiger partial charge in [-0.15, -0.1) is 0 Å². The fourth-order valence-electron chi connectivity index (χ4n) is 2.40. The van der Waals surface area contributed by atoms with Gasteiger partial charge in [-0.25, -0.2) is 9.69 Å². The average Bonchev–Trinajstić information content (AvgIpc) is 2.69. The molecule has 1 spiro atoms. The fraction of sp³-hybridized carbons (Fsp3) is 0.800. The second-order valence-corrected chi connectivity index (χ2v) is 4.67. The van der Waals surface area contributed by atoms with Gasteiger partial charge in [0.15, 0.2) is 0 Å². The van der Waals surface area contributed by atoms with E-state index in [4.69, 9.17) is 0 Å². The van der Waals surface area contributed by atoms with Crippen LogP contribution in [0.4, 0.5) is 4.79 Å². The van der Waals surface area contributed by atoms with Crippen LogP contribution in [0.15, 0.2) is 0 Å². The van der Waals surface area contributed by atoms with Gasteiger partial charge in [0.25, 0.3) is 5.91 Å². The van der Waals surface area contributed by atoms with Crippen LogP contribution in [0.3, 0.4) is 0 Å². The van der Waals surface area contributed by atoms with Crippen LogP contribution in [0.25, 0.3) is 0 Å². The van der Waals surface area contributed by atoms with E-state index in [2.05, 4.69) is 5.32 Å². The summed E-state index contributed by atoms with van der Waals surface area (Å²) in [6, 6.07) is -0.240.